The summed E-state index contributed by atoms with van der Waals surface area (Å²) < 4.78 is 11.1. The molecule has 2 aromatic carbocycles. The van der Waals surface area contributed by atoms with Crippen LogP contribution in [0, 0.1) is 0 Å². The van der Waals surface area contributed by atoms with Gasteiger partial charge in [0.25, 0.3) is 0 Å². The number of amides is 2. The first kappa shape index (κ1) is 17.0. The molecule has 0 aliphatic carbocycles. The minimum absolute atomic E-state index is 0.113. The molecule has 6 heteroatoms. The summed E-state index contributed by atoms with van der Waals surface area (Å²) in [4.78, 5) is 24.0. The minimum atomic E-state index is -0.443. The van der Waals surface area contributed by atoms with Gasteiger partial charge in [-0.2, -0.15) is 0 Å². The van der Waals surface area contributed by atoms with Gasteiger partial charge in [-0.05, 0) is 37.1 Å². The molecule has 0 aromatic heterocycles. The van der Waals surface area contributed by atoms with E-state index in [1.165, 1.54) is 0 Å². The monoisotopic (exact) mass is 340 g/mol. The summed E-state index contributed by atoms with van der Waals surface area (Å²) in [6.45, 7) is 0.479. The number of anilines is 1. The largest absolute Gasteiger partial charge is 0.455 e. The lowest BCUT2D eigenvalue weighted by molar-refractivity contribution is -0.131. The average molecular weight is 340 g/mol. The number of hydrogen-bond donors (Lipinski definition) is 2. The first-order chi connectivity index (χ1) is 12.2. The van der Waals surface area contributed by atoms with E-state index < -0.39 is 6.10 Å². The van der Waals surface area contributed by atoms with Crippen LogP contribution in [0.25, 0.3) is 0 Å². The quantitative estimate of drug-likeness (QED) is 0.848. The van der Waals surface area contributed by atoms with Crippen molar-refractivity contribution in [3.8, 4) is 11.5 Å². The Morgan fingerprint density at radius 3 is 2.60 bits per heavy atom. The maximum atomic E-state index is 12.1. The second-order valence-electron chi connectivity index (χ2n) is 5.68. The third-order valence-corrected chi connectivity index (χ3v) is 3.78. The highest BCUT2D eigenvalue weighted by Crippen LogP contribution is 2.28. The van der Waals surface area contributed by atoms with Crippen molar-refractivity contribution in [1.29, 1.82) is 0 Å². The van der Waals surface area contributed by atoms with Crippen LogP contribution in [0.15, 0.2) is 54.6 Å². The Hall–Kier alpha value is -2.86. The molecule has 2 aromatic rings. The molecule has 3 rings (SSSR count). The van der Waals surface area contributed by atoms with Crippen molar-refractivity contribution in [3.63, 3.8) is 0 Å². The molecule has 0 spiro atoms. The van der Waals surface area contributed by atoms with Crippen LogP contribution in [0.4, 0.5) is 5.69 Å². The summed E-state index contributed by atoms with van der Waals surface area (Å²) in [6, 6.07) is 16.5. The number of ether oxygens (including phenoxy) is 2. The van der Waals surface area contributed by atoms with E-state index in [2.05, 4.69) is 10.6 Å². The van der Waals surface area contributed by atoms with Crippen molar-refractivity contribution in [2.75, 3.05) is 18.5 Å². The number of rotatable bonds is 6. The van der Waals surface area contributed by atoms with Gasteiger partial charge in [-0.3, -0.25) is 9.59 Å². The Morgan fingerprint density at radius 1 is 1.08 bits per heavy atom. The normalized spacial score (nSPS) is 16.2. The SMILES string of the molecule is O=C(CNC(=O)C1CCCO1)Nc1ccccc1Oc1ccccc1. The lowest BCUT2D eigenvalue weighted by Gasteiger charge is -2.13. The molecule has 1 fully saturated rings. The molecule has 2 N–H and O–H groups in total. The molecule has 2 amide bonds. The smallest absolute Gasteiger partial charge is 0.249 e. The van der Waals surface area contributed by atoms with Gasteiger partial charge in [0, 0.05) is 6.61 Å². The van der Waals surface area contributed by atoms with Crippen molar-refractivity contribution in [3.05, 3.63) is 54.6 Å². The zero-order valence-electron chi connectivity index (χ0n) is 13.7. The molecule has 0 radical (unpaired) electrons. The van der Waals surface area contributed by atoms with Crippen molar-refractivity contribution in [2.24, 2.45) is 0 Å². The second kappa shape index (κ2) is 8.30. The predicted octanol–water partition coefficient (Wildman–Crippen LogP) is 2.71. The van der Waals surface area contributed by atoms with E-state index in [0.29, 0.717) is 30.2 Å². The highest BCUT2D eigenvalue weighted by molar-refractivity contribution is 5.96. The molecule has 0 bridgehead atoms. The summed E-state index contributed by atoms with van der Waals surface area (Å²) in [7, 11) is 0. The first-order valence-corrected chi connectivity index (χ1v) is 8.23. The number of benzene rings is 2. The number of carbonyl (C=O) groups is 2. The van der Waals surface area contributed by atoms with Gasteiger partial charge in [0.05, 0.1) is 12.2 Å². The summed E-state index contributed by atoms with van der Waals surface area (Å²) in [5, 5.41) is 5.35. The third-order valence-electron chi connectivity index (χ3n) is 3.78. The van der Waals surface area contributed by atoms with E-state index in [-0.39, 0.29) is 18.4 Å². The minimum Gasteiger partial charge on any atom is -0.455 e. The number of nitrogens with one attached hydrogen (secondary N) is 2. The zero-order chi connectivity index (χ0) is 17.5. The molecular weight excluding hydrogens is 320 g/mol. The molecule has 1 saturated heterocycles. The van der Waals surface area contributed by atoms with Gasteiger partial charge in [0.1, 0.15) is 11.9 Å². The standard InChI is InChI=1S/C19H20N2O4/c22-18(13-20-19(23)17-11-6-12-24-17)21-15-9-4-5-10-16(15)25-14-7-2-1-3-8-14/h1-5,7-10,17H,6,11-13H2,(H,20,23)(H,21,22). The van der Waals surface area contributed by atoms with Gasteiger partial charge in [-0.15, -0.1) is 0 Å². The van der Waals surface area contributed by atoms with Crippen LogP contribution in [0.5, 0.6) is 11.5 Å². The van der Waals surface area contributed by atoms with Crippen LogP contribution >= 0.6 is 0 Å². The van der Waals surface area contributed by atoms with E-state index >= 15 is 0 Å². The molecule has 6 nitrogen and oxygen atoms in total. The molecule has 0 saturated carbocycles. The van der Waals surface area contributed by atoms with Crippen LogP contribution in [0.1, 0.15) is 12.8 Å². The van der Waals surface area contributed by atoms with Crippen LogP contribution < -0.4 is 15.4 Å². The van der Waals surface area contributed by atoms with Crippen LogP contribution in [-0.2, 0) is 14.3 Å². The Balaban J connectivity index is 1.56. The highest BCUT2D eigenvalue weighted by atomic mass is 16.5. The number of hydrogen-bond acceptors (Lipinski definition) is 4. The Morgan fingerprint density at radius 2 is 1.84 bits per heavy atom. The summed E-state index contributed by atoms with van der Waals surface area (Å²) >= 11 is 0. The van der Waals surface area contributed by atoms with E-state index in [9.17, 15) is 9.59 Å². The van der Waals surface area contributed by atoms with E-state index in [0.717, 1.165) is 6.42 Å². The van der Waals surface area contributed by atoms with Crippen LogP contribution in [0.2, 0.25) is 0 Å². The van der Waals surface area contributed by atoms with Gasteiger partial charge < -0.3 is 20.1 Å². The summed E-state index contributed by atoms with van der Waals surface area (Å²) in [5.41, 5.74) is 0.544. The van der Waals surface area contributed by atoms with Crippen LogP contribution in [-0.4, -0.2) is 31.1 Å². The van der Waals surface area contributed by atoms with Crippen molar-refractivity contribution in [1.82, 2.24) is 5.32 Å². The predicted molar refractivity (Wildman–Crippen MR) is 93.6 cm³/mol. The highest BCUT2D eigenvalue weighted by Gasteiger charge is 2.23. The fourth-order valence-corrected chi connectivity index (χ4v) is 2.53. The van der Waals surface area contributed by atoms with E-state index in [1.54, 1.807) is 18.2 Å². The molecule has 1 atom stereocenters. The van der Waals surface area contributed by atoms with E-state index in [4.69, 9.17) is 9.47 Å². The molecule has 1 unspecified atom stereocenters. The lowest BCUT2D eigenvalue weighted by Crippen LogP contribution is -2.39. The van der Waals surface area contributed by atoms with Gasteiger partial charge >= 0.3 is 0 Å². The number of para-hydroxylation sites is 3. The maximum Gasteiger partial charge on any atom is 0.249 e. The Kier molecular flexibility index (Phi) is 5.64. The van der Waals surface area contributed by atoms with E-state index in [1.807, 2.05) is 36.4 Å². The molecule has 1 aliphatic heterocycles. The average Bonchev–Trinajstić information content (AvgIpc) is 3.17. The zero-order valence-corrected chi connectivity index (χ0v) is 13.7. The van der Waals surface area contributed by atoms with Gasteiger partial charge in [0.15, 0.2) is 5.75 Å². The van der Waals surface area contributed by atoms with Crippen LogP contribution in [0.3, 0.4) is 0 Å². The van der Waals surface area contributed by atoms with Crippen molar-refractivity contribution >= 4 is 17.5 Å². The molecule has 130 valence electrons. The Labute approximate surface area is 146 Å². The fourth-order valence-electron chi connectivity index (χ4n) is 2.53. The van der Waals surface area contributed by atoms with Crippen molar-refractivity contribution in [2.45, 2.75) is 18.9 Å². The first-order valence-electron chi connectivity index (χ1n) is 8.23. The summed E-state index contributed by atoms with van der Waals surface area (Å²) in [5.74, 6) is 0.639. The topological polar surface area (TPSA) is 76.7 Å². The fraction of sp³-hybridized carbons (Fsp3) is 0.263. The van der Waals surface area contributed by atoms with Crippen molar-refractivity contribution < 1.29 is 19.1 Å². The van der Waals surface area contributed by atoms with Gasteiger partial charge in [0.2, 0.25) is 11.8 Å². The maximum absolute atomic E-state index is 12.1. The number of carbonyl (C=O) groups excluding carboxylic acids is 2. The molecule has 1 aliphatic rings. The van der Waals surface area contributed by atoms with Gasteiger partial charge in [-0.1, -0.05) is 30.3 Å². The lowest BCUT2D eigenvalue weighted by atomic mass is 10.2. The third kappa shape index (κ3) is 4.81. The molecular formula is C19H20N2O4. The summed E-state index contributed by atoms with van der Waals surface area (Å²) in [6.07, 6.45) is 1.12. The second-order valence-corrected chi connectivity index (χ2v) is 5.68. The molecule has 25 heavy (non-hydrogen) atoms. The Bertz CT molecular complexity index is 727. The van der Waals surface area contributed by atoms with Gasteiger partial charge in [-0.25, -0.2) is 0 Å². The molecule has 1 heterocycles.